The van der Waals surface area contributed by atoms with E-state index in [1.165, 1.54) is 12.2 Å². The molecule has 0 spiro atoms. The molecule has 1 saturated heterocycles. The Kier molecular flexibility index (Phi) is 12.9. The predicted molar refractivity (Wildman–Crippen MR) is 199 cm³/mol. The van der Waals surface area contributed by atoms with E-state index in [0.717, 1.165) is 16.7 Å². The van der Waals surface area contributed by atoms with Crippen LogP contribution < -0.4 is 4.74 Å². The number of hydrogen-bond acceptors (Lipinski definition) is 6. The maximum Gasteiger partial charge on any atom is 0.326 e. The van der Waals surface area contributed by atoms with Crippen molar-refractivity contribution in [1.29, 1.82) is 0 Å². The van der Waals surface area contributed by atoms with E-state index in [4.69, 9.17) is 49.4 Å². The molecule has 264 valence electrons. The number of aliphatic imine (C=N–C) groups is 1. The smallest absolute Gasteiger partial charge is 0.326 e. The number of ether oxygens (including phenoxy) is 1. The molecule has 3 amide bonds. The number of carbonyl (C=O) groups excluding carboxylic acids is 2. The summed E-state index contributed by atoms with van der Waals surface area (Å²) < 4.78 is 6.23. The van der Waals surface area contributed by atoms with Gasteiger partial charge in [-0.05, 0) is 65.4 Å². The highest BCUT2D eigenvalue weighted by Crippen LogP contribution is 2.46. The number of rotatable bonds is 8. The Bertz CT molecular complexity index is 1660. The zero-order chi connectivity index (χ0) is 34.7. The summed E-state index contributed by atoms with van der Waals surface area (Å²) >= 11 is 19.6. The average Bonchev–Trinajstić information content (AvgIpc) is 3.45. The fourth-order valence-electron chi connectivity index (χ4n) is 6.07. The van der Waals surface area contributed by atoms with E-state index in [0.29, 0.717) is 65.0 Å². The normalized spacial score (nSPS) is 18.2. The number of benzene rings is 3. The molecule has 5 rings (SSSR count). The minimum absolute atomic E-state index is 0. The highest BCUT2D eigenvalue weighted by atomic mass is 35.5. The number of halogens is 4. The number of nitrogens with zero attached hydrogens (tertiary/aromatic N) is 5. The van der Waals surface area contributed by atoms with Crippen molar-refractivity contribution in [2.75, 3.05) is 53.5 Å². The number of carbonyl (C=O) groups is 2. The van der Waals surface area contributed by atoms with Gasteiger partial charge in [0, 0.05) is 48.3 Å². The molecule has 0 aliphatic carbocycles. The molecular formula is C36H43Cl4N5O4. The van der Waals surface area contributed by atoms with Gasteiger partial charge in [-0.2, -0.15) is 0 Å². The predicted octanol–water partition coefficient (Wildman–Crippen LogP) is 8.07. The van der Waals surface area contributed by atoms with Gasteiger partial charge in [-0.15, -0.1) is 12.4 Å². The molecular weight excluding hydrogens is 708 g/mol. The summed E-state index contributed by atoms with van der Waals surface area (Å²) in [5, 5.41) is 2.97. The molecule has 2 atom stereocenters. The summed E-state index contributed by atoms with van der Waals surface area (Å²) in [6.45, 7) is 10.7. The van der Waals surface area contributed by atoms with Crippen molar-refractivity contribution in [2.24, 2.45) is 4.99 Å². The summed E-state index contributed by atoms with van der Waals surface area (Å²) in [6.07, 6.45) is 0. The molecule has 49 heavy (non-hydrogen) atoms. The first kappa shape index (κ1) is 38.7. The molecule has 2 aliphatic rings. The number of urea groups is 1. The zero-order valence-corrected chi connectivity index (χ0v) is 31.7. The largest absolute Gasteiger partial charge is 0.493 e. The van der Waals surface area contributed by atoms with Crippen LogP contribution in [0, 0.1) is 0 Å². The maximum atomic E-state index is 14.9. The minimum Gasteiger partial charge on any atom is -0.493 e. The number of likely N-dealkylation sites (N-methyl/N-ethyl adjacent to an activating group) is 1. The molecule has 0 unspecified atom stereocenters. The van der Waals surface area contributed by atoms with Crippen molar-refractivity contribution in [3.63, 3.8) is 0 Å². The van der Waals surface area contributed by atoms with E-state index in [9.17, 15) is 9.59 Å². The van der Waals surface area contributed by atoms with Crippen LogP contribution >= 0.6 is 47.2 Å². The van der Waals surface area contributed by atoms with Gasteiger partial charge in [0.25, 0.3) is 5.91 Å². The number of piperazine rings is 1. The first-order chi connectivity index (χ1) is 22.8. The van der Waals surface area contributed by atoms with Crippen LogP contribution in [0.15, 0.2) is 65.7 Å². The molecule has 2 heterocycles. The van der Waals surface area contributed by atoms with Crippen molar-refractivity contribution in [3.8, 4) is 5.75 Å². The lowest BCUT2D eigenvalue weighted by Crippen LogP contribution is -2.55. The molecule has 0 N–H and O–H groups in total. The van der Waals surface area contributed by atoms with E-state index in [1.54, 1.807) is 11.9 Å². The van der Waals surface area contributed by atoms with Crippen LogP contribution in [0.2, 0.25) is 15.1 Å². The van der Waals surface area contributed by atoms with E-state index >= 15 is 0 Å². The summed E-state index contributed by atoms with van der Waals surface area (Å²) in [4.78, 5) is 43.3. The van der Waals surface area contributed by atoms with Gasteiger partial charge >= 0.3 is 6.03 Å². The summed E-state index contributed by atoms with van der Waals surface area (Å²) in [7, 11) is 3.04. The SMILES string of the molecule is CCOc1cc(C(C)(C)C)c(Cl)cc1C1=N[C@@H](c2ccc(Cl)cc2)[C@@H](c2ccc(Cl)cc2)N1C(=O)N1CCN(CC(=O)N(C)OC)CC1.Cl. The monoisotopic (exact) mass is 749 g/mol. The maximum absolute atomic E-state index is 14.9. The summed E-state index contributed by atoms with van der Waals surface area (Å²) in [5.41, 5.74) is 3.08. The van der Waals surface area contributed by atoms with Gasteiger partial charge in [0.2, 0.25) is 0 Å². The second kappa shape index (κ2) is 16.3. The summed E-state index contributed by atoms with van der Waals surface area (Å²) in [6, 6.07) is 17.7. The van der Waals surface area contributed by atoms with Crippen LogP contribution in [0.4, 0.5) is 4.79 Å². The molecule has 9 nitrogen and oxygen atoms in total. The number of amides is 3. The van der Waals surface area contributed by atoms with E-state index in [-0.39, 0.29) is 36.3 Å². The van der Waals surface area contributed by atoms with Gasteiger partial charge < -0.3 is 9.64 Å². The Balaban J connectivity index is 0.00000541. The Morgan fingerprint density at radius 1 is 0.918 bits per heavy atom. The first-order valence-electron chi connectivity index (χ1n) is 16.0. The van der Waals surface area contributed by atoms with E-state index < -0.39 is 12.1 Å². The molecule has 0 bridgehead atoms. The molecule has 0 saturated carbocycles. The Hall–Kier alpha value is -3.05. The van der Waals surface area contributed by atoms with E-state index in [1.807, 2.05) is 77.4 Å². The van der Waals surface area contributed by atoms with Crippen LogP contribution in [0.3, 0.4) is 0 Å². The summed E-state index contributed by atoms with van der Waals surface area (Å²) in [5.74, 6) is 0.907. The van der Waals surface area contributed by atoms with Crippen LogP contribution in [-0.4, -0.2) is 91.0 Å². The fourth-order valence-corrected chi connectivity index (χ4v) is 6.77. The second-order valence-corrected chi connectivity index (χ2v) is 14.2. The quantitative estimate of drug-likeness (QED) is 0.218. The van der Waals surface area contributed by atoms with Gasteiger partial charge in [0.1, 0.15) is 17.6 Å². The third-order valence-corrected chi connectivity index (χ3v) is 9.56. The first-order valence-corrected chi connectivity index (χ1v) is 17.1. The van der Waals surface area contributed by atoms with Crippen LogP contribution in [0.25, 0.3) is 0 Å². The molecule has 13 heteroatoms. The lowest BCUT2D eigenvalue weighted by atomic mass is 9.86. The van der Waals surface area contributed by atoms with Crippen molar-refractivity contribution in [2.45, 2.75) is 45.2 Å². The van der Waals surface area contributed by atoms with Crippen LogP contribution in [0.5, 0.6) is 5.75 Å². The van der Waals surface area contributed by atoms with Crippen molar-refractivity contribution < 1.29 is 19.2 Å². The molecule has 0 radical (unpaired) electrons. The van der Waals surface area contributed by atoms with Crippen molar-refractivity contribution >= 4 is 65.0 Å². The Morgan fingerprint density at radius 2 is 1.49 bits per heavy atom. The van der Waals surface area contributed by atoms with Gasteiger partial charge in [0.05, 0.1) is 31.9 Å². The van der Waals surface area contributed by atoms with Gasteiger partial charge in [-0.1, -0.05) is 79.8 Å². The standard InChI is InChI=1S/C36H42Cl3N5O4.ClH/c1-7-48-30-21-28(36(2,3)4)29(39)20-27(30)34-40-32(23-8-12-25(37)13-9-23)33(24-10-14-26(38)15-11-24)44(34)35(46)43-18-16-42(17-19-43)22-31(45)41(5)47-6;/h8-15,20-21,32-33H,7,16-19,22H2,1-6H3;1H/t32-,33+;/m0./s1. The van der Waals surface area contributed by atoms with Crippen LogP contribution in [0.1, 0.15) is 62.0 Å². The topological polar surface area (TPSA) is 77.9 Å². The lowest BCUT2D eigenvalue weighted by molar-refractivity contribution is -0.170. The van der Waals surface area contributed by atoms with Crippen LogP contribution in [-0.2, 0) is 15.0 Å². The second-order valence-electron chi connectivity index (χ2n) is 12.9. The van der Waals surface area contributed by atoms with Crippen molar-refractivity contribution in [3.05, 3.63) is 98.0 Å². The third-order valence-electron chi connectivity index (χ3n) is 8.74. The molecule has 3 aromatic rings. The Morgan fingerprint density at radius 3 is 2.02 bits per heavy atom. The molecule has 2 aliphatic heterocycles. The average molecular weight is 752 g/mol. The van der Waals surface area contributed by atoms with Crippen molar-refractivity contribution in [1.82, 2.24) is 19.8 Å². The number of hydrogen-bond donors (Lipinski definition) is 0. The highest BCUT2D eigenvalue weighted by Gasteiger charge is 2.45. The highest BCUT2D eigenvalue weighted by molar-refractivity contribution is 6.32. The van der Waals surface area contributed by atoms with E-state index in [2.05, 4.69) is 20.8 Å². The van der Waals surface area contributed by atoms with Gasteiger partial charge in [0.15, 0.2) is 0 Å². The zero-order valence-electron chi connectivity index (χ0n) is 28.6. The molecule has 1 fully saturated rings. The Labute approximate surface area is 310 Å². The fraction of sp³-hybridized carbons (Fsp3) is 0.417. The number of amidine groups is 1. The molecule has 0 aromatic heterocycles. The van der Waals surface area contributed by atoms with Gasteiger partial charge in [-0.3, -0.25) is 24.4 Å². The lowest BCUT2D eigenvalue weighted by Gasteiger charge is -2.39. The molecule has 3 aromatic carbocycles. The minimum atomic E-state index is -0.517. The number of hydroxylamine groups is 2. The van der Waals surface area contributed by atoms with Gasteiger partial charge in [-0.25, -0.2) is 9.86 Å². The third kappa shape index (κ3) is 8.64.